The van der Waals surface area contributed by atoms with E-state index in [1.165, 1.54) is 10.5 Å². The van der Waals surface area contributed by atoms with E-state index < -0.39 is 0 Å². The van der Waals surface area contributed by atoms with Gasteiger partial charge < -0.3 is 10.2 Å². The van der Waals surface area contributed by atoms with Crippen LogP contribution < -0.4 is 15.1 Å². The van der Waals surface area contributed by atoms with Crippen LogP contribution in [0.3, 0.4) is 0 Å². The van der Waals surface area contributed by atoms with Crippen LogP contribution in [0.5, 0.6) is 0 Å². The molecule has 1 N–H and O–H groups in total. The summed E-state index contributed by atoms with van der Waals surface area (Å²) in [6, 6.07) is 19.3. The first kappa shape index (κ1) is 22.3. The summed E-state index contributed by atoms with van der Waals surface area (Å²) in [5.41, 5.74) is 8.12. The summed E-state index contributed by atoms with van der Waals surface area (Å²) < 4.78 is 0. The van der Waals surface area contributed by atoms with Crippen LogP contribution in [0.2, 0.25) is 0 Å². The molecule has 3 aromatic rings. The lowest BCUT2D eigenvalue weighted by Crippen LogP contribution is -2.32. The van der Waals surface area contributed by atoms with Gasteiger partial charge in [0.05, 0.1) is 11.3 Å². The van der Waals surface area contributed by atoms with Crippen molar-refractivity contribution in [1.82, 2.24) is 0 Å². The molecule has 0 aliphatic carbocycles. The predicted octanol–water partition coefficient (Wildman–Crippen LogP) is 5.38. The lowest BCUT2D eigenvalue weighted by atomic mass is 9.97. The minimum Gasteiger partial charge on any atom is -0.378 e. The molecule has 1 heterocycles. The van der Waals surface area contributed by atoms with Gasteiger partial charge in [-0.15, -0.1) is 0 Å². The van der Waals surface area contributed by atoms with Crippen molar-refractivity contribution in [3.05, 3.63) is 94.2 Å². The molecule has 3 aromatic carbocycles. The van der Waals surface area contributed by atoms with Gasteiger partial charge in [0.25, 0.3) is 11.8 Å². The lowest BCUT2D eigenvalue weighted by molar-refractivity contribution is -0.120. The lowest BCUT2D eigenvalue weighted by Gasteiger charge is -2.18. The molecule has 0 atom stereocenters. The summed E-state index contributed by atoms with van der Waals surface area (Å²) in [6.45, 7) is 8.05. The Morgan fingerprint density at radius 1 is 0.727 bits per heavy atom. The Balaban J connectivity index is 1.82. The molecule has 5 heteroatoms. The van der Waals surface area contributed by atoms with Crippen molar-refractivity contribution in [2.75, 3.05) is 29.2 Å². The number of nitrogens with one attached hydrogen (secondary N) is 1. The molecule has 0 radical (unpaired) electrons. The van der Waals surface area contributed by atoms with Crippen LogP contribution in [-0.2, 0) is 9.59 Å². The minimum absolute atomic E-state index is 0.298. The second-order valence-electron chi connectivity index (χ2n) is 8.85. The zero-order valence-corrected chi connectivity index (χ0v) is 20.0. The van der Waals surface area contributed by atoms with Crippen molar-refractivity contribution in [2.45, 2.75) is 27.7 Å². The number of rotatable bonds is 5. The van der Waals surface area contributed by atoms with Crippen LogP contribution in [0.1, 0.15) is 27.8 Å². The summed E-state index contributed by atoms with van der Waals surface area (Å²) in [7, 11) is 3.90. The Hall–Kier alpha value is -3.86. The summed E-state index contributed by atoms with van der Waals surface area (Å²) in [5, 5.41) is 3.27. The quantitative estimate of drug-likeness (QED) is 0.542. The number of hydrogen-bond donors (Lipinski definition) is 1. The molecule has 0 aromatic heterocycles. The Kier molecular flexibility index (Phi) is 5.81. The highest BCUT2D eigenvalue weighted by molar-refractivity contribution is 6.46. The van der Waals surface area contributed by atoms with E-state index in [0.29, 0.717) is 17.0 Å². The number of hydrogen-bond acceptors (Lipinski definition) is 4. The van der Waals surface area contributed by atoms with Crippen molar-refractivity contribution in [3.8, 4) is 0 Å². The van der Waals surface area contributed by atoms with E-state index in [-0.39, 0.29) is 11.8 Å². The molecular weight excluding hydrogens is 410 g/mol. The van der Waals surface area contributed by atoms with Crippen LogP contribution in [0, 0.1) is 27.7 Å². The Labute approximate surface area is 195 Å². The Morgan fingerprint density at radius 2 is 1.42 bits per heavy atom. The summed E-state index contributed by atoms with van der Waals surface area (Å²) in [6.07, 6.45) is 0. The number of anilines is 3. The summed E-state index contributed by atoms with van der Waals surface area (Å²) >= 11 is 0. The SMILES string of the molecule is Cc1ccc(C2=C(Nc3ccc(C)c(C)c3)C(=O)N(c3ccc(N(C)C)cc3)C2=O)c(C)c1. The van der Waals surface area contributed by atoms with E-state index in [9.17, 15) is 9.59 Å². The van der Waals surface area contributed by atoms with Crippen LogP contribution in [0.25, 0.3) is 5.57 Å². The van der Waals surface area contributed by atoms with E-state index in [2.05, 4.69) is 5.32 Å². The van der Waals surface area contributed by atoms with Gasteiger partial charge in [-0.05, 0) is 86.3 Å². The van der Waals surface area contributed by atoms with Crippen LogP contribution >= 0.6 is 0 Å². The fourth-order valence-corrected chi connectivity index (χ4v) is 4.09. The Morgan fingerprint density at radius 3 is 2.03 bits per heavy atom. The van der Waals surface area contributed by atoms with Gasteiger partial charge in [-0.3, -0.25) is 9.59 Å². The Bertz CT molecular complexity index is 1290. The van der Waals surface area contributed by atoms with Crippen molar-refractivity contribution in [3.63, 3.8) is 0 Å². The van der Waals surface area contributed by atoms with Gasteiger partial charge in [0.1, 0.15) is 5.70 Å². The van der Waals surface area contributed by atoms with Gasteiger partial charge in [-0.25, -0.2) is 4.90 Å². The molecule has 0 unspecified atom stereocenters. The van der Waals surface area contributed by atoms with E-state index in [1.54, 1.807) is 0 Å². The first-order chi connectivity index (χ1) is 15.7. The molecule has 1 aliphatic rings. The first-order valence-electron chi connectivity index (χ1n) is 11.0. The maximum absolute atomic E-state index is 13.7. The number of carbonyl (C=O) groups is 2. The molecule has 0 bridgehead atoms. The number of carbonyl (C=O) groups excluding carboxylic acids is 2. The van der Waals surface area contributed by atoms with Crippen molar-refractivity contribution >= 4 is 34.4 Å². The largest absolute Gasteiger partial charge is 0.378 e. The second-order valence-corrected chi connectivity index (χ2v) is 8.85. The zero-order valence-electron chi connectivity index (χ0n) is 20.0. The van der Waals surface area contributed by atoms with Gasteiger partial charge in [0.2, 0.25) is 0 Å². The highest BCUT2D eigenvalue weighted by Gasteiger charge is 2.40. The van der Waals surface area contributed by atoms with E-state index >= 15 is 0 Å². The molecule has 168 valence electrons. The summed E-state index contributed by atoms with van der Waals surface area (Å²) in [5.74, 6) is -0.679. The van der Waals surface area contributed by atoms with Gasteiger partial charge in [0, 0.05) is 25.5 Å². The molecule has 4 rings (SSSR count). The molecule has 0 fully saturated rings. The highest BCUT2D eigenvalue weighted by atomic mass is 16.2. The molecule has 33 heavy (non-hydrogen) atoms. The standard InChI is InChI=1S/C28H29N3O2/c1-17-7-14-24(20(4)15-17)25-26(29-21-9-8-18(2)19(3)16-21)28(33)31(27(25)32)23-12-10-22(11-13-23)30(5)6/h7-16,29H,1-6H3. The van der Waals surface area contributed by atoms with Crippen LogP contribution in [-0.4, -0.2) is 25.9 Å². The molecule has 1 aliphatic heterocycles. The second kappa shape index (κ2) is 8.58. The number of imide groups is 1. The fraction of sp³-hybridized carbons (Fsp3) is 0.214. The number of aryl methyl sites for hydroxylation is 4. The summed E-state index contributed by atoms with van der Waals surface area (Å²) in [4.78, 5) is 30.6. The monoisotopic (exact) mass is 439 g/mol. The minimum atomic E-state index is -0.356. The van der Waals surface area contributed by atoms with E-state index in [0.717, 1.165) is 33.6 Å². The first-order valence-corrected chi connectivity index (χ1v) is 11.0. The number of nitrogens with zero attached hydrogens (tertiary/aromatic N) is 2. The topological polar surface area (TPSA) is 52.7 Å². The molecule has 0 saturated carbocycles. The third kappa shape index (κ3) is 4.14. The van der Waals surface area contributed by atoms with Crippen LogP contribution in [0.4, 0.5) is 17.1 Å². The molecule has 0 spiro atoms. The maximum atomic E-state index is 13.7. The molecule has 0 saturated heterocycles. The van der Waals surface area contributed by atoms with Crippen molar-refractivity contribution in [1.29, 1.82) is 0 Å². The van der Waals surface area contributed by atoms with Crippen molar-refractivity contribution < 1.29 is 9.59 Å². The zero-order chi connectivity index (χ0) is 23.9. The average molecular weight is 440 g/mol. The fourth-order valence-electron chi connectivity index (χ4n) is 4.09. The molecule has 2 amide bonds. The number of benzene rings is 3. The maximum Gasteiger partial charge on any atom is 0.282 e. The number of amides is 2. The van der Waals surface area contributed by atoms with Crippen LogP contribution in [0.15, 0.2) is 66.4 Å². The van der Waals surface area contributed by atoms with Gasteiger partial charge in [-0.1, -0.05) is 29.8 Å². The van der Waals surface area contributed by atoms with Gasteiger partial charge >= 0.3 is 0 Å². The predicted molar refractivity (Wildman–Crippen MR) is 136 cm³/mol. The molecule has 5 nitrogen and oxygen atoms in total. The third-order valence-corrected chi connectivity index (χ3v) is 6.14. The average Bonchev–Trinajstić information content (AvgIpc) is 3.00. The van der Waals surface area contributed by atoms with E-state index in [1.807, 2.05) is 107 Å². The highest BCUT2D eigenvalue weighted by Crippen LogP contribution is 2.36. The molecular formula is C28H29N3O2. The normalized spacial score (nSPS) is 13.7. The van der Waals surface area contributed by atoms with Gasteiger partial charge in [0.15, 0.2) is 0 Å². The van der Waals surface area contributed by atoms with Crippen molar-refractivity contribution in [2.24, 2.45) is 0 Å². The van der Waals surface area contributed by atoms with Gasteiger partial charge in [-0.2, -0.15) is 0 Å². The third-order valence-electron chi connectivity index (χ3n) is 6.14. The smallest absolute Gasteiger partial charge is 0.282 e. The van der Waals surface area contributed by atoms with E-state index in [4.69, 9.17) is 0 Å².